The number of carbonyl (C=O) groups is 1. The Balaban J connectivity index is 1.67. The van der Waals surface area contributed by atoms with Gasteiger partial charge >= 0.3 is 0 Å². The number of aryl methyl sites for hydroxylation is 1. The molecule has 2 aromatic rings. The second-order valence-corrected chi connectivity index (χ2v) is 6.73. The summed E-state index contributed by atoms with van der Waals surface area (Å²) in [5.74, 6) is 0.879. The summed E-state index contributed by atoms with van der Waals surface area (Å²) < 4.78 is 0. The summed E-state index contributed by atoms with van der Waals surface area (Å²) in [6.45, 7) is 3.62. The van der Waals surface area contributed by atoms with Crippen LogP contribution in [0.4, 0.5) is 17.2 Å². The molecule has 2 heterocycles. The van der Waals surface area contributed by atoms with Gasteiger partial charge in [0.25, 0.3) is 0 Å². The third-order valence-corrected chi connectivity index (χ3v) is 4.65. The minimum Gasteiger partial charge on any atom is -0.378 e. The molecule has 1 aromatic heterocycles. The summed E-state index contributed by atoms with van der Waals surface area (Å²) in [5, 5.41) is 3.10. The first-order valence-corrected chi connectivity index (χ1v) is 8.64. The predicted octanol–water partition coefficient (Wildman–Crippen LogP) is 2.71. The predicted molar refractivity (Wildman–Crippen MR) is 101 cm³/mol. The highest BCUT2D eigenvalue weighted by atomic mass is 16.1. The maximum absolute atomic E-state index is 12.7. The van der Waals surface area contributed by atoms with Crippen molar-refractivity contribution in [2.45, 2.75) is 19.8 Å². The third-order valence-electron chi connectivity index (χ3n) is 4.65. The van der Waals surface area contributed by atoms with Crippen molar-refractivity contribution in [3.8, 4) is 0 Å². The van der Waals surface area contributed by atoms with Gasteiger partial charge < -0.3 is 15.1 Å². The van der Waals surface area contributed by atoms with E-state index in [0.29, 0.717) is 6.54 Å². The second kappa shape index (κ2) is 7.51. The molecule has 1 amide bonds. The highest BCUT2D eigenvalue weighted by Gasteiger charge is 2.27. The summed E-state index contributed by atoms with van der Waals surface area (Å²) in [4.78, 5) is 25.4. The summed E-state index contributed by atoms with van der Waals surface area (Å²) >= 11 is 0. The third kappa shape index (κ3) is 4.07. The van der Waals surface area contributed by atoms with Crippen LogP contribution >= 0.6 is 0 Å². The standard InChI is InChI=1S/C19H25N5O/c1-14-11-16(23(2)3)6-7-17(14)22-19(25)15-5-4-10-24(13-15)18-12-20-8-9-21-18/h6-9,11-12,15H,4-5,10,13H2,1-3H3,(H,22,25)/t15-/m1/s1. The molecule has 0 unspecified atom stereocenters. The zero-order chi connectivity index (χ0) is 17.8. The largest absolute Gasteiger partial charge is 0.378 e. The van der Waals surface area contributed by atoms with Crippen LogP contribution in [0.1, 0.15) is 18.4 Å². The molecule has 6 heteroatoms. The van der Waals surface area contributed by atoms with E-state index in [1.165, 1.54) is 0 Å². The van der Waals surface area contributed by atoms with E-state index < -0.39 is 0 Å². The van der Waals surface area contributed by atoms with Crippen molar-refractivity contribution in [1.29, 1.82) is 0 Å². The fraction of sp³-hybridized carbons (Fsp3) is 0.421. The lowest BCUT2D eigenvalue weighted by Gasteiger charge is -2.32. The number of benzene rings is 1. The van der Waals surface area contributed by atoms with E-state index in [2.05, 4.69) is 31.2 Å². The van der Waals surface area contributed by atoms with Gasteiger partial charge in [-0.15, -0.1) is 0 Å². The smallest absolute Gasteiger partial charge is 0.229 e. The Morgan fingerprint density at radius 2 is 2.16 bits per heavy atom. The van der Waals surface area contributed by atoms with Crippen molar-refractivity contribution in [3.05, 3.63) is 42.4 Å². The van der Waals surface area contributed by atoms with Crippen LogP contribution in [0.2, 0.25) is 0 Å². The Labute approximate surface area is 148 Å². The lowest BCUT2D eigenvalue weighted by molar-refractivity contribution is -0.120. The number of nitrogens with zero attached hydrogens (tertiary/aromatic N) is 4. The molecule has 1 aromatic carbocycles. The average Bonchev–Trinajstić information content (AvgIpc) is 2.64. The maximum atomic E-state index is 12.7. The number of aromatic nitrogens is 2. The van der Waals surface area contributed by atoms with Gasteiger partial charge in [-0.3, -0.25) is 9.78 Å². The molecule has 1 atom stereocenters. The van der Waals surface area contributed by atoms with Crippen LogP contribution in [-0.2, 0) is 4.79 Å². The number of hydrogen-bond donors (Lipinski definition) is 1. The summed E-state index contributed by atoms with van der Waals surface area (Å²) in [7, 11) is 4.02. The molecular weight excluding hydrogens is 314 g/mol. The van der Waals surface area contributed by atoms with Crippen molar-refractivity contribution in [1.82, 2.24) is 9.97 Å². The molecule has 25 heavy (non-hydrogen) atoms. The van der Waals surface area contributed by atoms with Crippen molar-refractivity contribution in [2.75, 3.05) is 42.3 Å². The van der Waals surface area contributed by atoms with Gasteiger partial charge in [0, 0.05) is 51.0 Å². The monoisotopic (exact) mass is 339 g/mol. The van der Waals surface area contributed by atoms with Gasteiger partial charge in [0.2, 0.25) is 5.91 Å². The fourth-order valence-corrected chi connectivity index (χ4v) is 3.15. The topological polar surface area (TPSA) is 61.4 Å². The molecule has 1 saturated heterocycles. The number of piperidine rings is 1. The summed E-state index contributed by atoms with van der Waals surface area (Å²) in [6, 6.07) is 6.09. The molecule has 6 nitrogen and oxygen atoms in total. The van der Waals surface area contributed by atoms with E-state index in [4.69, 9.17) is 0 Å². The number of carbonyl (C=O) groups excluding carboxylic acids is 1. The van der Waals surface area contributed by atoms with Crippen molar-refractivity contribution < 1.29 is 4.79 Å². The Hall–Kier alpha value is -2.63. The quantitative estimate of drug-likeness (QED) is 0.928. The van der Waals surface area contributed by atoms with Gasteiger partial charge in [-0.2, -0.15) is 0 Å². The number of anilines is 3. The molecule has 3 rings (SSSR count). The summed E-state index contributed by atoms with van der Waals surface area (Å²) in [6.07, 6.45) is 6.99. The molecule has 0 bridgehead atoms. The zero-order valence-electron chi connectivity index (χ0n) is 15.1. The van der Waals surface area contributed by atoms with Gasteiger partial charge in [-0.05, 0) is 43.5 Å². The number of nitrogens with one attached hydrogen (secondary N) is 1. The van der Waals surface area contributed by atoms with Gasteiger partial charge in [0.05, 0.1) is 12.1 Å². The van der Waals surface area contributed by atoms with E-state index in [0.717, 1.165) is 42.1 Å². The lowest BCUT2D eigenvalue weighted by atomic mass is 9.97. The lowest BCUT2D eigenvalue weighted by Crippen LogP contribution is -2.41. The molecule has 0 saturated carbocycles. The summed E-state index contributed by atoms with van der Waals surface area (Å²) in [5.41, 5.74) is 3.08. The molecule has 0 radical (unpaired) electrons. The minimum atomic E-state index is -0.0383. The van der Waals surface area contributed by atoms with E-state index in [1.807, 2.05) is 33.2 Å². The second-order valence-electron chi connectivity index (χ2n) is 6.73. The number of amides is 1. The minimum absolute atomic E-state index is 0.0383. The Morgan fingerprint density at radius 1 is 1.32 bits per heavy atom. The molecule has 1 fully saturated rings. The Bertz CT molecular complexity index is 732. The van der Waals surface area contributed by atoms with Crippen molar-refractivity contribution >= 4 is 23.1 Å². The average molecular weight is 339 g/mol. The highest BCUT2D eigenvalue weighted by Crippen LogP contribution is 2.25. The van der Waals surface area contributed by atoms with Gasteiger partial charge in [0.15, 0.2) is 0 Å². The Kier molecular flexibility index (Phi) is 5.16. The first-order valence-electron chi connectivity index (χ1n) is 8.64. The van der Waals surface area contributed by atoms with Crippen LogP contribution in [0.15, 0.2) is 36.8 Å². The maximum Gasteiger partial charge on any atom is 0.229 e. The highest BCUT2D eigenvalue weighted by molar-refractivity contribution is 5.94. The van der Waals surface area contributed by atoms with E-state index in [1.54, 1.807) is 18.6 Å². The molecular formula is C19H25N5O. The normalized spacial score (nSPS) is 17.2. The van der Waals surface area contributed by atoms with Crippen molar-refractivity contribution in [2.24, 2.45) is 5.92 Å². The molecule has 0 aliphatic carbocycles. The van der Waals surface area contributed by atoms with Crippen LogP contribution in [-0.4, -0.2) is 43.1 Å². The first kappa shape index (κ1) is 17.2. The number of rotatable bonds is 4. The van der Waals surface area contributed by atoms with Gasteiger partial charge in [-0.25, -0.2) is 4.98 Å². The van der Waals surface area contributed by atoms with Crippen LogP contribution in [0.25, 0.3) is 0 Å². The number of hydrogen-bond acceptors (Lipinski definition) is 5. The van der Waals surface area contributed by atoms with Gasteiger partial charge in [0.1, 0.15) is 5.82 Å². The molecule has 1 N–H and O–H groups in total. The zero-order valence-corrected chi connectivity index (χ0v) is 15.1. The van der Waals surface area contributed by atoms with E-state index >= 15 is 0 Å². The first-order chi connectivity index (χ1) is 12.0. The van der Waals surface area contributed by atoms with E-state index in [-0.39, 0.29) is 11.8 Å². The fourth-order valence-electron chi connectivity index (χ4n) is 3.15. The molecule has 132 valence electrons. The van der Waals surface area contributed by atoms with Crippen LogP contribution in [0, 0.1) is 12.8 Å². The van der Waals surface area contributed by atoms with Crippen molar-refractivity contribution in [3.63, 3.8) is 0 Å². The van der Waals surface area contributed by atoms with E-state index in [9.17, 15) is 4.79 Å². The molecule has 0 spiro atoms. The van der Waals surface area contributed by atoms with Crippen LogP contribution in [0.3, 0.4) is 0 Å². The van der Waals surface area contributed by atoms with Gasteiger partial charge in [-0.1, -0.05) is 0 Å². The molecule has 1 aliphatic rings. The Morgan fingerprint density at radius 3 is 2.84 bits per heavy atom. The molecule has 1 aliphatic heterocycles. The van der Waals surface area contributed by atoms with Crippen LogP contribution in [0.5, 0.6) is 0 Å². The van der Waals surface area contributed by atoms with Crippen LogP contribution < -0.4 is 15.1 Å². The SMILES string of the molecule is Cc1cc(N(C)C)ccc1NC(=O)[C@@H]1CCCN(c2cnccn2)C1.